The lowest BCUT2D eigenvalue weighted by Crippen LogP contribution is -2.40. The molecule has 0 radical (unpaired) electrons. The fourth-order valence-electron chi connectivity index (χ4n) is 1.75. The van der Waals surface area contributed by atoms with Crippen LogP contribution < -0.4 is 0 Å². The van der Waals surface area contributed by atoms with Gasteiger partial charge in [-0.3, -0.25) is 4.79 Å². The van der Waals surface area contributed by atoms with Gasteiger partial charge in [-0.2, -0.15) is 0 Å². The monoisotopic (exact) mass is 244 g/mol. The molecule has 98 valence electrons. The molecule has 4 atom stereocenters. The van der Waals surface area contributed by atoms with E-state index in [0.717, 1.165) is 6.42 Å². The Morgan fingerprint density at radius 3 is 2.71 bits per heavy atom. The molecule has 0 saturated carbocycles. The Morgan fingerprint density at radius 1 is 1.35 bits per heavy atom. The van der Waals surface area contributed by atoms with Gasteiger partial charge in [0.15, 0.2) is 0 Å². The summed E-state index contributed by atoms with van der Waals surface area (Å²) in [6.45, 7) is 1.91. The molecule has 17 heavy (non-hydrogen) atoms. The number of hydrogen-bond donors (Lipinski definition) is 3. The zero-order valence-electron chi connectivity index (χ0n) is 9.95. The van der Waals surface area contributed by atoms with Crippen LogP contribution in [0, 0.1) is 0 Å². The number of carbonyl (C=O) groups excluding carboxylic acids is 1. The first-order chi connectivity index (χ1) is 8.04. The maximum Gasteiger partial charge on any atom is 0.306 e. The number of aliphatic hydroxyl groups excluding tert-OH is 3. The summed E-state index contributed by atoms with van der Waals surface area (Å²) in [4.78, 5) is 11.4. The first-order valence-electron chi connectivity index (χ1n) is 5.96. The highest BCUT2D eigenvalue weighted by Crippen LogP contribution is 2.15. The van der Waals surface area contributed by atoms with Crippen LogP contribution in [-0.2, 0) is 9.53 Å². The van der Waals surface area contributed by atoms with Crippen molar-refractivity contribution in [1.29, 1.82) is 0 Å². The van der Waals surface area contributed by atoms with E-state index < -0.39 is 30.4 Å². The summed E-state index contributed by atoms with van der Waals surface area (Å²) in [5, 5.41) is 28.9. The van der Waals surface area contributed by atoms with Crippen molar-refractivity contribution < 1.29 is 24.9 Å². The molecule has 0 aromatic heterocycles. The van der Waals surface area contributed by atoms with Crippen molar-refractivity contribution in [2.75, 3.05) is 0 Å². The SMILES string of the molecule is CCC[C@H]1OC(=O)CC[C@@H](O)C=C[C@H](O)[C@@H]1O. The predicted molar refractivity (Wildman–Crippen MR) is 61.2 cm³/mol. The molecule has 0 aliphatic carbocycles. The summed E-state index contributed by atoms with van der Waals surface area (Å²) in [5.41, 5.74) is 0. The van der Waals surface area contributed by atoms with Crippen molar-refractivity contribution in [2.24, 2.45) is 0 Å². The van der Waals surface area contributed by atoms with Gasteiger partial charge in [0.2, 0.25) is 0 Å². The molecule has 3 N–H and O–H groups in total. The first-order valence-corrected chi connectivity index (χ1v) is 5.96. The number of aliphatic hydroxyl groups is 3. The van der Waals surface area contributed by atoms with Crippen LogP contribution in [0.4, 0.5) is 0 Å². The first kappa shape index (κ1) is 14.2. The lowest BCUT2D eigenvalue weighted by Gasteiger charge is -2.26. The molecule has 0 saturated heterocycles. The Kier molecular flexibility index (Phi) is 5.61. The molecule has 0 bridgehead atoms. The van der Waals surface area contributed by atoms with Crippen LogP contribution in [0.15, 0.2) is 12.2 Å². The second kappa shape index (κ2) is 6.74. The largest absolute Gasteiger partial charge is 0.459 e. The van der Waals surface area contributed by atoms with Gasteiger partial charge in [0.25, 0.3) is 0 Å². The Labute approximate surface area is 101 Å². The van der Waals surface area contributed by atoms with Crippen molar-refractivity contribution in [2.45, 2.75) is 57.0 Å². The Balaban J connectivity index is 2.78. The molecule has 1 aliphatic rings. The van der Waals surface area contributed by atoms with Gasteiger partial charge in [0, 0.05) is 6.42 Å². The van der Waals surface area contributed by atoms with E-state index >= 15 is 0 Å². The van der Waals surface area contributed by atoms with E-state index in [-0.39, 0.29) is 12.8 Å². The molecule has 1 rings (SSSR count). The number of rotatable bonds is 2. The molecule has 0 aromatic carbocycles. The highest BCUT2D eigenvalue weighted by Gasteiger charge is 2.28. The number of esters is 1. The lowest BCUT2D eigenvalue weighted by atomic mass is 10.0. The summed E-state index contributed by atoms with van der Waals surface area (Å²) in [6.07, 6.45) is 0.578. The Morgan fingerprint density at radius 2 is 2.06 bits per heavy atom. The summed E-state index contributed by atoms with van der Waals surface area (Å²) < 4.78 is 5.10. The molecule has 0 amide bonds. The molecule has 1 heterocycles. The lowest BCUT2D eigenvalue weighted by molar-refractivity contribution is -0.159. The molecule has 5 nitrogen and oxygen atoms in total. The highest BCUT2D eigenvalue weighted by atomic mass is 16.6. The summed E-state index contributed by atoms with van der Waals surface area (Å²) in [5.74, 6) is -0.455. The summed E-state index contributed by atoms with van der Waals surface area (Å²) in [6, 6.07) is 0. The van der Waals surface area contributed by atoms with E-state index in [1.54, 1.807) is 0 Å². The third-order valence-electron chi connectivity index (χ3n) is 2.76. The number of ether oxygens (including phenoxy) is 1. The van der Waals surface area contributed by atoms with Gasteiger partial charge in [0.1, 0.15) is 18.3 Å². The molecule has 0 fully saturated rings. The van der Waals surface area contributed by atoms with Gasteiger partial charge in [-0.05, 0) is 12.8 Å². The van der Waals surface area contributed by atoms with E-state index in [1.165, 1.54) is 12.2 Å². The van der Waals surface area contributed by atoms with Gasteiger partial charge in [0.05, 0.1) is 6.10 Å². The summed E-state index contributed by atoms with van der Waals surface area (Å²) in [7, 11) is 0. The number of cyclic esters (lactones) is 1. The summed E-state index contributed by atoms with van der Waals surface area (Å²) >= 11 is 0. The molecule has 5 heteroatoms. The van der Waals surface area contributed by atoms with Crippen molar-refractivity contribution in [3.8, 4) is 0 Å². The highest BCUT2D eigenvalue weighted by molar-refractivity contribution is 5.69. The predicted octanol–water partition coefficient (Wildman–Crippen LogP) is 0.131. The van der Waals surface area contributed by atoms with E-state index in [9.17, 15) is 20.1 Å². The van der Waals surface area contributed by atoms with E-state index in [1.807, 2.05) is 6.92 Å². The molecule has 1 aliphatic heterocycles. The van der Waals surface area contributed by atoms with Crippen LogP contribution >= 0.6 is 0 Å². The molecular weight excluding hydrogens is 224 g/mol. The standard InChI is InChI=1S/C12H20O5/c1-2-3-10-12(16)9(14)6-4-8(13)5-7-11(15)17-10/h4,6,8-10,12-14,16H,2-3,5,7H2,1H3/t8-,9-,10+,12-/m0/s1. The fourth-order valence-corrected chi connectivity index (χ4v) is 1.75. The number of carbonyl (C=O) groups is 1. The van der Waals surface area contributed by atoms with Gasteiger partial charge in [-0.15, -0.1) is 0 Å². The molecule has 0 aromatic rings. The van der Waals surface area contributed by atoms with Crippen LogP contribution in [-0.4, -0.2) is 45.7 Å². The normalized spacial score (nSPS) is 35.4. The minimum absolute atomic E-state index is 0.106. The van der Waals surface area contributed by atoms with E-state index in [4.69, 9.17) is 4.74 Å². The zero-order valence-corrected chi connectivity index (χ0v) is 9.95. The second-order valence-corrected chi connectivity index (χ2v) is 4.29. The number of hydrogen-bond acceptors (Lipinski definition) is 5. The van der Waals surface area contributed by atoms with Crippen LogP contribution in [0.25, 0.3) is 0 Å². The minimum Gasteiger partial charge on any atom is -0.459 e. The molecule has 0 spiro atoms. The van der Waals surface area contributed by atoms with Crippen LogP contribution in [0.3, 0.4) is 0 Å². The maximum absolute atomic E-state index is 11.4. The van der Waals surface area contributed by atoms with Crippen molar-refractivity contribution >= 4 is 5.97 Å². The Bertz CT molecular complexity index is 276. The smallest absolute Gasteiger partial charge is 0.306 e. The quantitative estimate of drug-likeness (QED) is 0.475. The van der Waals surface area contributed by atoms with Gasteiger partial charge < -0.3 is 20.1 Å². The molecule has 0 unspecified atom stereocenters. The van der Waals surface area contributed by atoms with Crippen LogP contribution in [0.2, 0.25) is 0 Å². The van der Waals surface area contributed by atoms with E-state index in [2.05, 4.69) is 0 Å². The van der Waals surface area contributed by atoms with E-state index in [0.29, 0.717) is 6.42 Å². The average Bonchev–Trinajstić information content (AvgIpc) is 2.31. The fraction of sp³-hybridized carbons (Fsp3) is 0.750. The van der Waals surface area contributed by atoms with Gasteiger partial charge in [-0.1, -0.05) is 25.5 Å². The van der Waals surface area contributed by atoms with Gasteiger partial charge >= 0.3 is 5.97 Å². The minimum atomic E-state index is -1.15. The zero-order chi connectivity index (χ0) is 12.8. The van der Waals surface area contributed by atoms with Gasteiger partial charge in [-0.25, -0.2) is 0 Å². The van der Waals surface area contributed by atoms with Crippen molar-refractivity contribution in [3.63, 3.8) is 0 Å². The van der Waals surface area contributed by atoms with Crippen molar-refractivity contribution in [1.82, 2.24) is 0 Å². The topological polar surface area (TPSA) is 87.0 Å². The Hall–Kier alpha value is -0.910. The van der Waals surface area contributed by atoms with Crippen molar-refractivity contribution in [3.05, 3.63) is 12.2 Å². The molecular formula is C12H20O5. The third-order valence-corrected chi connectivity index (χ3v) is 2.76. The maximum atomic E-state index is 11.4. The van der Waals surface area contributed by atoms with Crippen LogP contribution in [0.5, 0.6) is 0 Å². The average molecular weight is 244 g/mol. The third kappa shape index (κ3) is 4.46. The second-order valence-electron chi connectivity index (χ2n) is 4.29. The van der Waals surface area contributed by atoms with Crippen LogP contribution in [0.1, 0.15) is 32.6 Å².